The lowest BCUT2D eigenvalue weighted by atomic mass is 9.92. The second kappa shape index (κ2) is 4.35. The fourth-order valence-electron chi connectivity index (χ4n) is 2.79. The first-order valence-corrected chi connectivity index (χ1v) is 5.85. The second-order valence-electron chi connectivity index (χ2n) is 4.79. The van der Waals surface area contributed by atoms with Crippen molar-refractivity contribution in [1.82, 2.24) is 4.90 Å². The van der Waals surface area contributed by atoms with Gasteiger partial charge in [-0.05, 0) is 37.6 Å². The van der Waals surface area contributed by atoms with Crippen LogP contribution in [0, 0.1) is 17.8 Å². The van der Waals surface area contributed by atoms with Crippen molar-refractivity contribution < 1.29 is 4.79 Å². The van der Waals surface area contributed by atoms with E-state index in [1.807, 2.05) is 11.9 Å². The maximum Gasteiger partial charge on any atom is 0.226 e. The molecule has 1 saturated carbocycles. The Morgan fingerprint density at radius 1 is 1.47 bits per heavy atom. The lowest BCUT2D eigenvalue weighted by Crippen LogP contribution is -2.36. The van der Waals surface area contributed by atoms with Crippen LogP contribution in [0.3, 0.4) is 0 Å². The normalized spacial score (nSPS) is 32.3. The van der Waals surface area contributed by atoms with Gasteiger partial charge >= 0.3 is 0 Å². The van der Waals surface area contributed by atoms with Crippen LogP contribution < -0.4 is 5.73 Å². The summed E-state index contributed by atoms with van der Waals surface area (Å²) in [6.07, 6.45) is 7.66. The maximum atomic E-state index is 12.1. The quantitative estimate of drug-likeness (QED) is 0.701. The molecular formula is C12H20N2O. The smallest absolute Gasteiger partial charge is 0.226 e. The summed E-state index contributed by atoms with van der Waals surface area (Å²) < 4.78 is 0. The van der Waals surface area contributed by atoms with Crippen LogP contribution >= 0.6 is 0 Å². The standard InChI is InChI=1S/C12H20N2O/c1-14(6-2-5-13)12(15)11-8-9-3-4-10(11)7-9/h3-4,9-11H,2,5-8,13H2,1H3. The van der Waals surface area contributed by atoms with Crippen LogP contribution in [-0.4, -0.2) is 30.9 Å². The monoisotopic (exact) mass is 208 g/mol. The number of rotatable bonds is 4. The van der Waals surface area contributed by atoms with Gasteiger partial charge in [0.1, 0.15) is 0 Å². The number of nitrogens with zero attached hydrogens (tertiary/aromatic N) is 1. The fourth-order valence-corrected chi connectivity index (χ4v) is 2.79. The van der Waals surface area contributed by atoms with Crippen molar-refractivity contribution in [2.45, 2.75) is 19.3 Å². The van der Waals surface area contributed by atoms with E-state index in [4.69, 9.17) is 5.73 Å². The van der Waals surface area contributed by atoms with E-state index in [0.29, 0.717) is 24.3 Å². The molecule has 0 spiro atoms. The molecule has 3 atom stereocenters. The summed E-state index contributed by atoms with van der Waals surface area (Å²) in [5.74, 6) is 1.76. The fraction of sp³-hybridized carbons (Fsp3) is 0.750. The number of fused-ring (bicyclic) bond motifs is 2. The first-order valence-electron chi connectivity index (χ1n) is 5.85. The van der Waals surface area contributed by atoms with Crippen LogP contribution in [-0.2, 0) is 4.79 Å². The molecule has 0 aromatic heterocycles. The van der Waals surface area contributed by atoms with E-state index >= 15 is 0 Å². The molecule has 0 aromatic carbocycles. The van der Waals surface area contributed by atoms with Gasteiger partial charge in [-0.3, -0.25) is 4.79 Å². The molecule has 2 N–H and O–H groups in total. The van der Waals surface area contributed by atoms with Gasteiger partial charge in [0.15, 0.2) is 0 Å². The van der Waals surface area contributed by atoms with Gasteiger partial charge in [-0.1, -0.05) is 12.2 Å². The van der Waals surface area contributed by atoms with Gasteiger partial charge in [0.25, 0.3) is 0 Å². The van der Waals surface area contributed by atoms with E-state index in [-0.39, 0.29) is 5.92 Å². The largest absolute Gasteiger partial charge is 0.345 e. The molecule has 0 saturated heterocycles. The Kier molecular flexibility index (Phi) is 3.10. The summed E-state index contributed by atoms with van der Waals surface area (Å²) in [5.41, 5.74) is 5.44. The number of hydrogen-bond donors (Lipinski definition) is 1. The van der Waals surface area contributed by atoms with E-state index in [1.165, 1.54) is 6.42 Å². The third-order valence-electron chi connectivity index (χ3n) is 3.67. The topological polar surface area (TPSA) is 46.3 Å². The summed E-state index contributed by atoms with van der Waals surface area (Å²) >= 11 is 0. The molecule has 3 heteroatoms. The van der Waals surface area contributed by atoms with Crippen molar-refractivity contribution in [3.63, 3.8) is 0 Å². The minimum absolute atomic E-state index is 0.253. The van der Waals surface area contributed by atoms with Crippen LogP contribution in [0.4, 0.5) is 0 Å². The highest BCUT2D eigenvalue weighted by Gasteiger charge is 2.40. The third kappa shape index (κ3) is 2.07. The zero-order valence-corrected chi connectivity index (χ0v) is 9.36. The molecule has 0 aromatic rings. The van der Waals surface area contributed by atoms with Crippen LogP contribution in [0.25, 0.3) is 0 Å². The Bertz CT molecular complexity index is 275. The molecule has 15 heavy (non-hydrogen) atoms. The Hall–Kier alpha value is -0.830. The van der Waals surface area contributed by atoms with E-state index in [1.54, 1.807) is 0 Å². The average Bonchev–Trinajstić information content (AvgIpc) is 2.86. The summed E-state index contributed by atoms with van der Waals surface area (Å²) in [4.78, 5) is 13.9. The Balaban J connectivity index is 1.88. The van der Waals surface area contributed by atoms with Gasteiger partial charge in [0, 0.05) is 19.5 Å². The molecule has 0 radical (unpaired) electrons. The van der Waals surface area contributed by atoms with Crippen molar-refractivity contribution >= 4 is 5.91 Å². The molecule has 3 unspecified atom stereocenters. The SMILES string of the molecule is CN(CCCN)C(=O)C1CC2C=CC1C2. The number of nitrogens with two attached hydrogens (primary N) is 1. The van der Waals surface area contributed by atoms with Crippen LogP contribution in [0.2, 0.25) is 0 Å². The molecule has 2 aliphatic rings. The van der Waals surface area contributed by atoms with Crippen LogP contribution in [0.5, 0.6) is 0 Å². The molecule has 84 valence electrons. The lowest BCUT2D eigenvalue weighted by Gasteiger charge is -2.24. The first kappa shape index (κ1) is 10.7. The molecule has 3 nitrogen and oxygen atoms in total. The number of hydrogen-bond acceptors (Lipinski definition) is 2. The molecule has 1 fully saturated rings. The van der Waals surface area contributed by atoms with Gasteiger partial charge in [-0.2, -0.15) is 0 Å². The van der Waals surface area contributed by atoms with Gasteiger partial charge in [0.2, 0.25) is 5.91 Å². The third-order valence-corrected chi connectivity index (χ3v) is 3.67. The van der Waals surface area contributed by atoms with E-state index in [2.05, 4.69) is 12.2 Å². The molecule has 1 amide bonds. The van der Waals surface area contributed by atoms with Crippen molar-refractivity contribution in [2.24, 2.45) is 23.5 Å². The first-order chi connectivity index (χ1) is 7.22. The zero-order chi connectivity index (χ0) is 10.8. The second-order valence-corrected chi connectivity index (χ2v) is 4.79. The molecule has 2 aliphatic carbocycles. The number of allylic oxidation sites excluding steroid dienone is 2. The summed E-state index contributed by atoms with van der Waals surface area (Å²) in [7, 11) is 1.90. The number of carbonyl (C=O) groups is 1. The van der Waals surface area contributed by atoms with Gasteiger partial charge < -0.3 is 10.6 Å². The average molecular weight is 208 g/mol. The minimum Gasteiger partial charge on any atom is -0.345 e. The van der Waals surface area contributed by atoms with E-state index in [9.17, 15) is 4.79 Å². The molecule has 2 bridgehead atoms. The molecule has 0 heterocycles. The zero-order valence-electron chi connectivity index (χ0n) is 9.36. The molecular weight excluding hydrogens is 188 g/mol. The van der Waals surface area contributed by atoms with Crippen LogP contribution in [0.15, 0.2) is 12.2 Å². The summed E-state index contributed by atoms with van der Waals surface area (Å²) in [6.45, 7) is 1.46. The highest BCUT2D eigenvalue weighted by atomic mass is 16.2. The van der Waals surface area contributed by atoms with Crippen molar-refractivity contribution in [1.29, 1.82) is 0 Å². The Morgan fingerprint density at radius 2 is 2.27 bits per heavy atom. The van der Waals surface area contributed by atoms with Gasteiger partial charge in [-0.15, -0.1) is 0 Å². The minimum atomic E-state index is 0.253. The molecule has 2 rings (SSSR count). The summed E-state index contributed by atoms with van der Waals surface area (Å²) in [6, 6.07) is 0. The van der Waals surface area contributed by atoms with Crippen molar-refractivity contribution in [2.75, 3.05) is 20.1 Å². The number of carbonyl (C=O) groups excluding carboxylic acids is 1. The summed E-state index contributed by atoms with van der Waals surface area (Å²) in [5, 5.41) is 0. The Labute approximate surface area is 91.3 Å². The van der Waals surface area contributed by atoms with E-state index < -0.39 is 0 Å². The van der Waals surface area contributed by atoms with Crippen LogP contribution in [0.1, 0.15) is 19.3 Å². The lowest BCUT2D eigenvalue weighted by molar-refractivity contribution is -0.135. The van der Waals surface area contributed by atoms with E-state index in [0.717, 1.165) is 19.4 Å². The van der Waals surface area contributed by atoms with Gasteiger partial charge in [0.05, 0.1) is 0 Å². The predicted molar refractivity (Wildman–Crippen MR) is 60.2 cm³/mol. The maximum absolute atomic E-state index is 12.1. The highest BCUT2D eigenvalue weighted by molar-refractivity contribution is 5.79. The van der Waals surface area contributed by atoms with Crippen molar-refractivity contribution in [3.05, 3.63) is 12.2 Å². The number of amides is 1. The van der Waals surface area contributed by atoms with Crippen molar-refractivity contribution in [3.8, 4) is 0 Å². The highest BCUT2D eigenvalue weighted by Crippen LogP contribution is 2.43. The predicted octanol–water partition coefficient (Wildman–Crippen LogP) is 1.01. The molecule has 0 aliphatic heterocycles. The van der Waals surface area contributed by atoms with Gasteiger partial charge in [-0.25, -0.2) is 0 Å². The Morgan fingerprint density at radius 3 is 2.80 bits per heavy atom.